The Balaban J connectivity index is 1.76. The average Bonchev–Trinajstić information content (AvgIpc) is 2.80. The molecule has 156 valence electrons. The number of ketones is 1. The first kappa shape index (κ1) is 21.1. The third kappa shape index (κ3) is 4.32. The van der Waals surface area contributed by atoms with Gasteiger partial charge in [0.1, 0.15) is 0 Å². The van der Waals surface area contributed by atoms with Crippen LogP contribution in [0.1, 0.15) is 35.3 Å². The number of hydrogen-bond donors (Lipinski definition) is 0. The number of fused-ring (bicyclic) bond motifs is 1. The van der Waals surface area contributed by atoms with Crippen molar-refractivity contribution in [1.82, 2.24) is 9.55 Å². The van der Waals surface area contributed by atoms with E-state index < -0.39 is 5.25 Å². The third-order valence-corrected chi connectivity index (χ3v) is 6.39. The number of para-hydroxylation sites is 1. The molecule has 0 bridgehead atoms. The summed E-state index contributed by atoms with van der Waals surface area (Å²) < 4.78 is 1.61. The van der Waals surface area contributed by atoms with Crippen LogP contribution in [0, 0.1) is 6.92 Å². The molecule has 0 saturated carbocycles. The molecule has 0 aliphatic heterocycles. The van der Waals surface area contributed by atoms with Crippen molar-refractivity contribution in [3.8, 4) is 5.69 Å². The van der Waals surface area contributed by atoms with E-state index in [0.29, 0.717) is 21.6 Å². The van der Waals surface area contributed by atoms with Crippen molar-refractivity contribution in [2.24, 2.45) is 0 Å². The van der Waals surface area contributed by atoms with Crippen molar-refractivity contribution in [2.45, 2.75) is 37.6 Å². The highest BCUT2D eigenvalue weighted by Crippen LogP contribution is 2.27. The Labute approximate surface area is 186 Å². The van der Waals surface area contributed by atoms with Crippen LogP contribution in [0.25, 0.3) is 16.6 Å². The summed E-state index contributed by atoms with van der Waals surface area (Å²) in [7, 11) is 0. The Morgan fingerprint density at radius 2 is 1.68 bits per heavy atom. The van der Waals surface area contributed by atoms with E-state index in [-0.39, 0.29) is 11.3 Å². The first-order valence-corrected chi connectivity index (χ1v) is 11.2. The van der Waals surface area contributed by atoms with Crippen LogP contribution in [0.5, 0.6) is 0 Å². The van der Waals surface area contributed by atoms with Gasteiger partial charge in [-0.1, -0.05) is 72.8 Å². The summed E-state index contributed by atoms with van der Waals surface area (Å²) in [5.74, 6) is 0.0190. The molecule has 0 N–H and O–H groups in total. The Morgan fingerprint density at radius 3 is 2.35 bits per heavy atom. The third-order valence-electron chi connectivity index (χ3n) is 5.34. The first-order chi connectivity index (χ1) is 15.0. The summed E-state index contributed by atoms with van der Waals surface area (Å²) in [6.07, 6.45) is 0.933. The Hall–Kier alpha value is -3.18. The normalized spacial score (nSPS) is 12.1. The minimum atomic E-state index is -0.391. The van der Waals surface area contributed by atoms with Gasteiger partial charge in [0.15, 0.2) is 10.9 Å². The largest absolute Gasteiger partial charge is 0.293 e. The zero-order valence-electron chi connectivity index (χ0n) is 17.8. The maximum Gasteiger partial charge on any atom is 0.266 e. The lowest BCUT2D eigenvalue weighted by molar-refractivity contribution is 0.0994. The number of thioether (sulfide) groups is 1. The number of carbonyl (C=O) groups is 1. The number of Topliss-reactive ketones (excluding diaryl/α,β-unsaturated/α-hetero) is 1. The van der Waals surface area contributed by atoms with Crippen molar-refractivity contribution in [3.63, 3.8) is 0 Å². The van der Waals surface area contributed by atoms with Crippen molar-refractivity contribution in [1.29, 1.82) is 0 Å². The van der Waals surface area contributed by atoms with Crippen LogP contribution in [0.4, 0.5) is 0 Å². The van der Waals surface area contributed by atoms with Crippen LogP contribution in [0.15, 0.2) is 82.7 Å². The van der Waals surface area contributed by atoms with Crippen LogP contribution in [-0.4, -0.2) is 20.6 Å². The fourth-order valence-corrected chi connectivity index (χ4v) is 4.47. The highest BCUT2D eigenvalue weighted by atomic mass is 32.2. The molecule has 0 amide bonds. The molecule has 4 rings (SSSR count). The molecule has 1 aromatic heterocycles. The zero-order chi connectivity index (χ0) is 22.0. The Kier molecular flexibility index (Phi) is 6.05. The Bertz CT molecular complexity index is 1290. The van der Waals surface area contributed by atoms with Crippen molar-refractivity contribution in [3.05, 3.63) is 99.8 Å². The number of hydrogen-bond acceptors (Lipinski definition) is 4. The number of aryl methyl sites for hydroxylation is 2. The van der Waals surface area contributed by atoms with Crippen LogP contribution in [0.2, 0.25) is 0 Å². The molecule has 0 fully saturated rings. The molecule has 0 aliphatic carbocycles. The standard InChI is InChI=1S/C26H24N2O2S/c1-4-19-11-13-20(14-12-19)24(29)18(3)31-26-27-23-8-6-5-7-22(23)25(30)28(26)21-15-9-17(2)10-16-21/h5-16,18H,4H2,1-3H3. The van der Waals surface area contributed by atoms with E-state index >= 15 is 0 Å². The number of carbonyl (C=O) groups excluding carboxylic acids is 1. The second-order valence-corrected chi connectivity index (χ2v) is 8.87. The van der Waals surface area contributed by atoms with Gasteiger partial charge >= 0.3 is 0 Å². The summed E-state index contributed by atoms with van der Waals surface area (Å²) >= 11 is 1.31. The minimum absolute atomic E-state index is 0.0190. The summed E-state index contributed by atoms with van der Waals surface area (Å²) in [4.78, 5) is 31.2. The fraction of sp³-hybridized carbons (Fsp3) is 0.192. The van der Waals surface area contributed by atoms with E-state index in [2.05, 4.69) is 6.92 Å². The van der Waals surface area contributed by atoms with Gasteiger partial charge in [0.25, 0.3) is 5.56 Å². The van der Waals surface area contributed by atoms with E-state index in [9.17, 15) is 9.59 Å². The van der Waals surface area contributed by atoms with Gasteiger partial charge in [-0.05, 0) is 50.1 Å². The van der Waals surface area contributed by atoms with Gasteiger partial charge in [0.05, 0.1) is 21.8 Å². The smallest absolute Gasteiger partial charge is 0.266 e. The number of aromatic nitrogens is 2. The lowest BCUT2D eigenvalue weighted by Gasteiger charge is -2.16. The molecule has 1 unspecified atom stereocenters. The highest BCUT2D eigenvalue weighted by Gasteiger charge is 2.21. The predicted molar refractivity (Wildman–Crippen MR) is 128 cm³/mol. The molecule has 4 nitrogen and oxygen atoms in total. The molecule has 1 atom stereocenters. The lowest BCUT2D eigenvalue weighted by atomic mass is 10.1. The molecule has 0 radical (unpaired) electrons. The van der Waals surface area contributed by atoms with E-state index in [1.165, 1.54) is 17.3 Å². The maximum atomic E-state index is 13.4. The van der Waals surface area contributed by atoms with Gasteiger partial charge in [0.2, 0.25) is 0 Å². The number of nitrogens with zero attached hydrogens (tertiary/aromatic N) is 2. The molecule has 1 heterocycles. The van der Waals surface area contributed by atoms with E-state index in [1.54, 1.807) is 10.6 Å². The summed E-state index contributed by atoms with van der Waals surface area (Å²) in [6.45, 7) is 5.96. The quantitative estimate of drug-likeness (QED) is 0.227. The van der Waals surface area contributed by atoms with Gasteiger partial charge in [-0.3, -0.25) is 14.2 Å². The molecule has 5 heteroatoms. The van der Waals surface area contributed by atoms with E-state index in [1.807, 2.05) is 80.6 Å². The first-order valence-electron chi connectivity index (χ1n) is 10.4. The van der Waals surface area contributed by atoms with Crippen LogP contribution in [0.3, 0.4) is 0 Å². The van der Waals surface area contributed by atoms with Crippen molar-refractivity contribution < 1.29 is 4.79 Å². The monoisotopic (exact) mass is 428 g/mol. The van der Waals surface area contributed by atoms with Crippen molar-refractivity contribution >= 4 is 28.4 Å². The maximum absolute atomic E-state index is 13.4. The Morgan fingerprint density at radius 1 is 1.00 bits per heavy atom. The van der Waals surface area contributed by atoms with Crippen LogP contribution in [-0.2, 0) is 6.42 Å². The van der Waals surface area contributed by atoms with Gasteiger partial charge in [-0.25, -0.2) is 4.98 Å². The SMILES string of the molecule is CCc1ccc(C(=O)C(C)Sc2nc3ccccc3c(=O)n2-c2ccc(C)cc2)cc1. The van der Waals surface area contributed by atoms with Crippen LogP contribution >= 0.6 is 11.8 Å². The molecule has 0 aliphatic rings. The van der Waals surface area contributed by atoms with Gasteiger partial charge in [0, 0.05) is 5.56 Å². The molecular formula is C26H24N2O2S. The number of benzene rings is 3. The van der Waals surface area contributed by atoms with Gasteiger partial charge < -0.3 is 0 Å². The summed E-state index contributed by atoms with van der Waals surface area (Å²) in [6, 6.07) is 22.8. The second-order valence-electron chi connectivity index (χ2n) is 7.56. The second kappa shape index (κ2) is 8.90. The topological polar surface area (TPSA) is 52.0 Å². The van der Waals surface area contributed by atoms with Gasteiger partial charge in [-0.15, -0.1) is 0 Å². The highest BCUT2D eigenvalue weighted by molar-refractivity contribution is 8.00. The average molecular weight is 429 g/mol. The van der Waals surface area contributed by atoms with E-state index in [4.69, 9.17) is 4.98 Å². The fourth-order valence-electron chi connectivity index (χ4n) is 3.46. The molecule has 0 saturated heterocycles. The van der Waals surface area contributed by atoms with Crippen molar-refractivity contribution in [2.75, 3.05) is 0 Å². The number of rotatable bonds is 6. The zero-order valence-corrected chi connectivity index (χ0v) is 18.6. The molecular weight excluding hydrogens is 404 g/mol. The van der Waals surface area contributed by atoms with E-state index in [0.717, 1.165) is 17.7 Å². The molecule has 4 aromatic rings. The molecule has 0 spiro atoms. The van der Waals surface area contributed by atoms with Crippen LogP contribution < -0.4 is 5.56 Å². The summed E-state index contributed by atoms with van der Waals surface area (Å²) in [5.41, 5.74) is 4.21. The summed E-state index contributed by atoms with van der Waals surface area (Å²) in [5, 5.41) is 0.678. The lowest BCUT2D eigenvalue weighted by Crippen LogP contribution is -2.23. The molecule has 3 aromatic carbocycles. The van der Waals surface area contributed by atoms with Gasteiger partial charge in [-0.2, -0.15) is 0 Å². The minimum Gasteiger partial charge on any atom is -0.293 e. The predicted octanol–water partition coefficient (Wildman–Crippen LogP) is 5.62. The molecule has 31 heavy (non-hydrogen) atoms.